The van der Waals surface area contributed by atoms with E-state index in [4.69, 9.17) is 11.6 Å². The lowest BCUT2D eigenvalue weighted by atomic mass is 9.94. The number of rotatable bonds is 8. The minimum Gasteiger partial charge on any atom is -0.506 e. The quantitative estimate of drug-likeness (QED) is 0.324. The lowest BCUT2D eigenvalue weighted by molar-refractivity contribution is -0.135. The highest BCUT2D eigenvalue weighted by atomic mass is 35.5. The summed E-state index contributed by atoms with van der Waals surface area (Å²) in [6, 6.07) is 12.0. The first-order valence-electron chi connectivity index (χ1n) is 11.8. The van der Waals surface area contributed by atoms with Crippen LogP contribution in [0.25, 0.3) is 10.9 Å². The zero-order valence-electron chi connectivity index (χ0n) is 19.4. The van der Waals surface area contributed by atoms with Gasteiger partial charge in [-0.3, -0.25) is 9.59 Å². The molecule has 2 aromatic carbocycles. The second-order valence-electron chi connectivity index (χ2n) is 8.69. The molecule has 35 heavy (non-hydrogen) atoms. The fraction of sp³-hybridized carbons (Fsp3) is 0.346. The number of phenols is 1. The summed E-state index contributed by atoms with van der Waals surface area (Å²) >= 11 is 5.86. The number of hydrogen-bond acceptors (Lipinski definition) is 5. The molecule has 1 aliphatic rings. The van der Waals surface area contributed by atoms with E-state index >= 15 is 0 Å². The lowest BCUT2D eigenvalue weighted by Crippen LogP contribution is -2.44. The van der Waals surface area contributed by atoms with E-state index in [1.54, 1.807) is 6.21 Å². The summed E-state index contributed by atoms with van der Waals surface area (Å²) in [5.41, 5.74) is 4.41. The molecular formula is C26H29ClN4O4. The summed E-state index contributed by atoms with van der Waals surface area (Å²) in [6.07, 6.45) is 8.83. The monoisotopic (exact) mass is 496 g/mol. The van der Waals surface area contributed by atoms with Crippen molar-refractivity contribution < 1.29 is 19.8 Å². The number of carbonyl (C=O) groups is 2. The average Bonchev–Trinajstić information content (AvgIpc) is 3.28. The summed E-state index contributed by atoms with van der Waals surface area (Å²) in [5.74, 6) is -0.549. The number of aromatic hydroxyl groups is 1. The summed E-state index contributed by atoms with van der Waals surface area (Å²) in [5, 5.41) is 24.1. The molecule has 1 aliphatic carbocycles. The van der Waals surface area contributed by atoms with E-state index in [2.05, 4.69) is 10.5 Å². The third-order valence-corrected chi connectivity index (χ3v) is 6.71. The molecule has 0 atom stereocenters. The molecular weight excluding hydrogens is 468 g/mol. The predicted octanol–water partition coefficient (Wildman–Crippen LogP) is 3.92. The molecule has 184 valence electrons. The maximum Gasteiger partial charge on any atom is 0.271 e. The SMILES string of the molecule is O=C(NN=Cc1cccc2c1ccn2CC(=O)N(CCO)C1CCCCC1)c1ccc(O)c(Cl)c1. The average molecular weight is 497 g/mol. The number of hydrogen-bond donors (Lipinski definition) is 3. The van der Waals surface area contributed by atoms with Crippen molar-refractivity contribution in [2.45, 2.75) is 44.7 Å². The van der Waals surface area contributed by atoms with Crippen molar-refractivity contribution in [3.05, 3.63) is 64.8 Å². The van der Waals surface area contributed by atoms with Crippen LogP contribution in [0.15, 0.2) is 53.8 Å². The normalized spacial score (nSPS) is 14.5. The number of aliphatic hydroxyl groups is 1. The number of benzene rings is 2. The van der Waals surface area contributed by atoms with Gasteiger partial charge >= 0.3 is 0 Å². The highest BCUT2D eigenvalue weighted by molar-refractivity contribution is 6.32. The largest absolute Gasteiger partial charge is 0.506 e. The molecule has 8 nitrogen and oxygen atoms in total. The fourth-order valence-electron chi connectivity index (χ4n) is 4.62. The number of aromatic nitrogens is 1. The van der Waals surface area contributed by atoms with Crippen molar-refractivity contribution in [3.63, 3.8) is 0 Å². The van der Waals surface area contributed by atoms with Crippen LogP contribution in [0, 0.1) is 0 Å². The molecule has 0 saturated heterocycles. The number of fused-ring (bicyclic) bond motifs is 1. The number of phenolic OH excluding ortho intramolecular Hbond substituents is 1. The van der Waals surface area contributed by atoms with Crippen molar-refractivity contribution in [3.8, 4) is 5.75 Å². The summed E-state index contributed by atoms with van der Waals surface area (Å²) in [4.78, 5) is 27.3. The van der Waals surface area contributed by atoms with E-state index in [-0.39, 0.29) is 41.4 Å². The molecule has 0 radical (unpaired) electrons. The lowest BCUT2D eigenvalue weighted by Gasteiger charge is -2.34. The van der Waals surface area contributed by atoms with Crippen molar-refractivity contribution >= 4 is 40.5 Å². The second-order valence-corrected chi connectivity index (χ2v) is 9.10. The Bertz CT molecular complexity index is 1230. The molecule has 2 amide bonds. The van der Waals surface area contributed by atoms with Crippen LogP contribution >= 0.6 is 11.6 Å². The number of amides is 2. The third-order valence-electron chi connectivity index (χ3n) is 6.41. The first-order chi connectivity index (χ1) is 17.0. The van der Waals surface area contributed by atoms with Gasteiger partial charge < -0.3 is 19.7 Å². The number of carbonyl (C=O) groups excluding carboxylic acids is 2. The molecule has 1 saturated carbocycles. The number of nitrogens with one attached hydrogen (secondary N) is 1. The number of nitrogens with zero attached hydrogens (tertiary/aromatic N) is 3. The van der Waals surface area contributed by atoms with Gasteiger partial charge in [0.15, 0.2) is 0 Å². The van der Waals surface area contributed by atoms with Gasteiger partial charge in [-0.25, -0.2) is 5.43 Å². The van der Waals surface area contributed by atoms with Gasteiger partial charge in [-0.1, -0.05) is 43.0 Å². The van der Waals surface area contributed by atoms with Crippen molar-refractivity contribution in [1.82, 2.24) is 14.9 Å². The van der Waals surface area contributed by atoms with E-state index in [9.17, 15) is 19.8 Å². The minimum absolute atomic E-state index is 0.00217. The molecule has 0 spiro atoms. The van der Waals surface area contributed by atoms with E-state index in [0.717, 1.165) is 42.1 Å². The maximum absolute atomic E-state index is 13.2. The maximum atomic E-state index is 13.2. The number of halogens is 1. The molecule has 0 unspecified atom stereocenters. The Morgan fingerprint density at radius 2 is 1.97 bits per heavy atom. The summed E-state index contributed by atoms with van der Waals surface area (Å²) in [7, 11) is 0. The highest BCUT2D eigenvalue weighted by Crippen LogP contribution is 2.25. The van der Waals surface area contributed by atoms with Gasteiger partial charge in [0.05, 0.1) is 17.8 Å². The van der Waals surface area contributed by atoms with Crippen LogP contribution in [-0.2, 0) is 11.3 Å². The van der Waals surface area contributed by atoms with Crippen LogP contribution in [0.1, 0.15) is 48.0 Å². The van der Waals surface area contributed by atoms with Crippen LogP contribution in [0.4, 0.5) is 0 Å². The standard InChI is InChI=1S/C26H29ClN4O4/c27-22-15-18(9-10-24(22)33)26(35)29-28-16-19-5-4-8-23-21(19)11-12-30(23)17-25(34)31(13-14-32)20-6-2-1-3-7-20/h4-5,8-12,15-16,20,32-33H,1-3,6-7,13-14,17H2,(H,29,35). The molecule has 1 aromatic heterocycles. The van der Waals surface area contributed by atoms with Crippen molar-refractivity contribution in [2.75, 3.05) is 13.2 Å². The molecule has 0 aliphatic heterocycles. The van der Waals surface area contributed by atoms with Gasteiger partial charge in [-0.2, -0.15) is 5.10 Å². The van der Waals surface area contributed by atoms with Gasteiger partial charge in [-0.15, -0.1) is 0 Å². The van der Waals surface area contributed by atoms with Gasteiger partial charge in [0.1, 0.15) is 12.3 Å². The summed E-state index contributed by atoms with van der Waals surface area (Å²) < 4.78 is 1.90. The smallest absolute Gasteiger partial charge is 0.271 e. The Kier molecular flexibility index (Phi) is 8.05. The van der Waals surface area contributed by atoms with Gasteiger partial charge in [-0.05, 0) is 43.2 Å². The second kappa shape index (κ2) is 11.4. The van der Waals surface area contributed by atoms with Gasteiger partial charge in [0.25, 0.3) is 5.91 Å². The zero-order chi connectivity index (χ0) is 24.8. The van der Waals surface area contributed by atoms with E-state index in [0.29, 0.717) is 6.54 Å². The molecule has 1 heterocycles. The van der Waals surface area contributed by atoms with Gasteiger partial charge in [0.2, 0.25) is 5.91 Å². The highest BCUT2D eigenvalue weighted by Gasteiger charge is 2.25. The molecule has 3 N–H and O–H groups in total. The first-order valence-corrected chi connectivity index (χ1v) is 12.2. The molecule has 3 aromatic rings. The predicted molar refractivity (Wildman–Crippen MR) is 136 cm³/mol. The van der Waals surface area contributed by atoms with Crippen LogP contribution in [0.3, 0.4) is 0 Å². The molecule has 9 heteroatoms. The molecule has 1 fully saturated rings. The zero-order valence-corrected chi connectivity index (χ0v) is 20.1. The Morgan fingerprint density at radius 1 is 1.17 bits per heavy atom. The fourth-order valence-corrected chi connectivity index (χ4v) is 4.80. The minimum atomic E-state index is -0.454. The molecule has 4 rings (SSSR count). The Hall–Kier alpha value is -3.36. The Morgan fingerprint density at radius 3 is 2.71 bits per heavy atom. The molecule has 0 bridgehead atoms. The Labute approximate surface area is 208 Å². The van der Waals surface area contributed by atoms with Gasteiger partial charge in [0, 0.05) is 40.8 Å². The number of hydrazone groups is 1. The van der Waals surface area contributed by atoms with Crippen molar-refractivity contribution in [1.29, 1.82) is 0 Å². The summed E-state index contributed by atoms with van der Waals surface area (Å²) in [6.45, 7) is 0.503. The van der Waals surface area contributed by atoms with Crippen LogP contribution in [0.5, 0.6) is 5.75 Å². The topological polar surface area (TPSA) is 107 Å². The van der Waals surface area contributed by atoms with Crippen molar-refractivity contribution in [2.24, 2.45) is 5.10 Å². The first kappa shape index (κ1) is 24.8. The van der Waals surface area contributed by atoms with Crippen LogP contribution in [0.2, 0.25) is 5.02 Å². The third kappa shape index (κ3) is 5.83. The van der Waals surface area contributed by atoms with Crippen LogP contribution < -0.4 is 5.43 Å². The van der Waals surface area contributed by atoms with E-state index < -0.39 is 5.91 Å². The number of aliphatic hydroxyl groups excluding tert-OH is 1. The van der Waals surface area contributed by atoms with Crippen LogP contribution in [-0.4, -0.2) is 56.9 Å². The van der Waals surface area contributed by atoms with E-state index in [1.807, 2.05) is 39.9 Å². The Balaban J connectivity index is 1.46. The van der Waals surface area contributed by atoms with E-state index in [1.165, 1.54) is 24.6 Å².